The third-order valence-electron chi connectivity index (χ3n) is 5.38. The molecule has 6 heteroatoms. The number of esters is 1. The van der Waals surface area contributed by atoms with Crippen molar-refractivity contribution in [2.45, 2.75) is 19.5 Å². The maximum atomic E-state index is 11.7. The summed E-state index contributed by atoms with van der Waals surface area (Å²) in [4.78, 5) is 16.6. The molecule has 1 fully saturated rings. The van der Waals surface area contributed by atoms with Crippen LogP contribution in [-0.2, 0) is 16.0 Å². The maximum absolute atomic E-state index is 11.7. The number of hydrogen-bond acceptors (Lipinski definition) is 6. The van der Waals surface area contributed by atoms with Gasteiger partial charge in [0.05, 0.1) is 25.9 Å². The number of methoxy groups -OCH3 is 1. The molecule has 2 aromatic carbocycles. The van der Waals surface area contributed by atoms with Gasteiger partial charge in [0.2, 0.25) is 0 Å². The number of benzene rings is 2. The first-order chi connectivity index (χ1) is 14.7. The van der Waals surface area contributed by atoms with E-state index in [4.69, 9.17) is 14.2 Å². The van der Waals surface area contributed by atoms with E-state index in [1.165, 1.54) is 12.7 Å². The Bertz CT molecular complexity index is 778. The van der Waals surface area contributed by atoms with Crippen LogP contribution < -0.4 is 4.74 Å². The highest BCUT2D eigenvalue weighted by atomic mass is 16.5. The number of rotatable bonds is 10. The molecule has 0 bridgehead atoms. The number of nitrogens with zero attached hydrogens (tertiary/aromatic N) is 2. The fourth-order valence-corrected chi connectivity index (χ4v) is 3.66. The van der Waals surface area contributed by atoms with Gasteiger partial charge in [-0.05, 0) is 30.7 Å². The predicted molar refractivity (Wildman–Crippen MR) is 117 cm³/mol. The Kier molecular flexibility index (Phi) is 8.68. The monoisotopic (exact) mass is 412 g/mol. The first kappa shape index (κ1) is 22.3. The fraction of sp³-hybridized carbons (Fsp3) is 0.458. The smallest absolute Gasteiger partial charge is 0.337 e. The molecular weight excluding hydrogens is 380 g/mol. The molecule has 1 aliphatic heterocycles. The van der Waals surface area contributed by atoms with E-state index in [0.29, 0.717) is 24.0 Å². The second kappa shape index (κ2) is 11.7. The van der Waals surface area contributed by atoms with Crippen LogP contribution in [0.3, 0.4) is 0 Å². The van der Waals surface area contributed by atoms with Crippen molar-refractivity contribution in [3.8, 4) is 5.75 Å². The van der Waals surface area contributed by atoms with Crippen LogP contribution in [0.4, 0.5) is 0 Å². The van der Waals surface area contributed by atoms with Crippen LogP contribution in [-0.4, -0.2) is 74.9 Å². The van der Waals surface area contributed by atoms with Crippen molar-refractivity contribution in [3.05, 3.63) is 65.7 Å². The Morgan fingerprint density at radius 1 is 1.13 bits per heavy atom. The van der Waals surface area contributed by atoms with E-state index in [1.807, 2.05) is 18.2 Å². The molecule has 0 spiro atoms. The second-order valence-corrected chi connectivity index (χ2v) is 7.59. The summed E-state index contributed by atoms with van der Waals surface area (Å²) in [7, 11) is 1.38. The number of hydrogen-bond donors (Lipinski definition) is 0. The lowest BCUT2D eigenvalue weighted by atomic mass is 10.1. The molecule has 1 aliphatic rings. The number of morpholine rings is 1. The summed E-state index contributed by atoms with van der Waals surface area (Å²) in [5.41, 5.74) is 1.79. The van der Waals surface area contributed by atoms with Gasteiger partial charge in [0.1, 0.15) is 12.4 Å². The Morgan fingerprint density at radius 2 is 1.90 bits per heavy atom. The molecule has 2 aromatic rings. The lowest BCUT2D eigenvalue weighted by molar-refractivity contribution is 0.0221. The van der Waals surface area contributed by atoms with Crippen molar-refractivity contribution in [1.82, 2.24) is 9.80 Å². The van der Waals surface area contributed by atoms with Gasteiger partial charge in [-0.2, -0.15) is 0 Å². The van der Waals surface area contributed by atoms with Gasteiger partial charge in [-0.15, -0.1) is 0 Å². The summed E-state index contributed by atoms with van der Waals surface area (Å²) in [6, 6.07) is 18.0. The molecule has 0 saturated carbocycles. The predicted octanol–water partition coefficient (Wildman–Crippen LogP) is 3.07. The summed E-state index contributed by atoms with van der Waals surface area (Å²) < 4.78 is 16.2. The molecule has 30 heavy (non-hydrogen) atoms. The van der Waals surface area contributed by atoms with Crippen LogP contribution in [0.5, 0.6) is 5.75 Å². The SMILES string of the molecule is COC(=O)c1cccc(OCCN(Cc2ccccc2)C(C)CN2CCOCC2)c1. The fourth-order valence-electron chi connectivity index (χ4n) is 3.66. The minimum Gasteiger partial charge on any atom is -0.492 e. The Morgan fingerprint density at radius 3 is 2.63 bits per heavy atom. The summed E-state index contributed by atoms with van der Waals surface area (Å²) in [5, 5.41) is 0. The first-order valence-electron chi connectivity index (χ1n) is 10.5. The number of carbonyl (C=O) groups excluding carboxylic acids is 1. The van der Waals surface area contributed by atoms with Gasteiger partial charge in [-0.3, -0.25) is 9.80 Å². The zero-order valence-electron chi connectivity index (χ0n) is 18.0. The van der Waals surface area contributed by atoms with E-state index >= 15 is 0 Å². The molecule has 1 heterocycles. The summed E-state index contributed by atoms with van der Waals surface area (Å²) in [6.45, 7) is 9.09. The van der Waals surface area contributed by atoms with Gasteiger partial charge in [-0.25, -0.2) is 4.79 Å². The average molecular weight is 413 g/mol. The highest BCUT2D eigenvalue weighted by Crippen LogP contribution is 2.15. The van der Waals surface area contributed by atoms with E-state index in [-0.39, 0.29) is 5.97 Å². The third-order valence-corrected chi connectivity index (χ3v) is 5.38. The van der Waals surface area contributed by atoms with Crippen molar-refractivity contribution in [2.24, 2.45) is 0 Å². The van der Waals surface area contributed by atoms with Gasteiger partial charge >= 0.3 is 5.97 Å². The Labute approximate surface area is 179 Å². The van der Waals surface area contributed by atoms with Crippen LogP contribution in [0.25, 0.3) is 0 Å². The van der Waals surface area contributed by atoms with E-state index in [1.54, 1.807) is 12.1 Å². The molecule has 0 aromatic heterocycles. The molecule has 0 aliphatic carbocycles. The van der Waals surface area contributed by atoms with Gasteiger partial charge in [-0.1, -0.05) is 36.4 Å². The normalized spacial score (nSPS) is 15.7. The van der Waals surface area contributed by atoms with Crippen molar-refractivity contribution >= 4 is 5.97 Å². The van der Waals surface area contributed by atoms with E-state index in [0.717, 1.165) is 45.9 Å². The first-order valence-corrected chi connectivity index (χ1v) is 10.5. The highest BCUT2D eigenvalue weighted by molar-refractivity contribution is 5.89. The molecular formula is C24H32N2O4. The summed E-state index contributed by atoms with van der Waals surface area (Å²) in [5.74, 6) is 0.323. The Balaban J connectivity index is 1.59. The largest absolute Gasteiger partial charge is 0.492 e. The Hall–Kier alpha value is -2.41. The van der Waals surface area contributed by atoms with Crippen LogP contribution in [0, 0.1) is 0 Å². The molecule has 0 N–H and O–H groups in total. The summed E-state index contributed by atoms with van der Waals surface area (Å²) >= 11 is 0. The second-order valence-electron chi connectivity index (χ2n) is 7.59. The van der Waals surface area contributed by atoms with Crippen molar-refractivity contribution < 1.29 is 19.0 Å². The minimum absolute atomic E-state index is 0.356. The van der Waals surface area contributed by atoms with Gasteiger partial charge in [0, 0.05) is 38.8 Å². The molecule has 1 saturated heterocycles. The topological polar surface area (TPSA) is 51.2 Å². The third kappa shape index (κ3) is 6.83. The van der Waals surface area contributed by atoms with Gasteiger partial charge in [0.15, 0.2) is 0 Å². The molecule has 162 valence electrons. The lowest BCUT2D eigenvalue weighted by Gasteiger charge is -2.35. The van der Waals surface area contributed by atoms with Crippen molar-refractivity contribution in [3.63, 3.8) is 0 Å². The van der Waals surface area contributed by atoms with Crippen LogP contribution in [0.15, 0.2) is 54.6 Å². The lowest BCUT2D eigenvalue weighted by Crippen LogP contribution is -2.46. The van der Waals surface area contributed by atoms with E-state index in [2.05, 4.69) is 41.0 Å². The molecule has 6 nitrogen and oxygen atoms in total. The average Bonchev–Trinajstić information content (AvgIpc) is 2.79. The minimum atomic E-state index is -0.356. The zero-order chi connectivity index (χ0) is 21.2. The number of ether oxygens (including phenoxy) is 3. The van der Waals surface area contributed by atoms with Crippen molar-refractivity contribution in [2.75, 3.05) is 53.1 Å². The van der Waals surface area contributed by atoms with E-state index < -0.39 is 0 Å². The van der Waals surface area contributed by atoms with Crippen LogP contribution in [0.2, 0.25) is 0 Å². The zero-order valence-corrected chi connectivity index (χ0v) is 18.0. The van der Waals surface area contributed by atoms with Gasteiger partial charge < -0.3 is 14.2 Å². The van der Waals surface area contributed by atoms with Crippen molar-refractivity contribution in [1.29, 1.82) is 0 Å². The number of carbonyl (C=O) groups is 1. The van der Waals surface area contributed by atoms with Gasteiger partial charge in [0.25, 0.3) is 0 Å². The molecule has 0 radical (unpaired) electrons. The van der Waals surface area contributed by atoms with E-state index in [9.17, 15) is 4.79 Å². The highest BCUT2D eigenvalue weighted by Gasteiger charge is 2.19. The van der Waals surface area contributed by atoms with Crippen LogP contribution in [0.1, 0.15) is 22.8 Å². The molecule has 3 rings (SSSR count). The molecule has 1 atom stereocenters. The molecule has 0 amide bonds. The maximum Gasteiger partial charge on any atom is 0.337 e. The van der Waals surface area contributed by atoms with Crippen LogP contribution >= 0.6 is 0 Å². The summed E-state index contributed by atoms with van der Waals surface area (Å²) in [6.07, 6.45) is 0. The quantitative estimate of drug-likeness (QED) is 0.559. The standard InChI is InChI=1S/C24H32N2O4/c1-20(18-25-11-14-29-15-12-25)26(19-21-7-4-3-5-8-21)13-16-30-23-10-6-9-22(17-23)24(27)28-2/h3-10,17,20H,11-16,18-19H2,1-2H3. The molecule has 1 unspecified atom stereocenters.